The quantitative estimate of drug-likeness (QED) is 0.684. The van der Waals surface area contributed by atoms with Gasteiger partial charge in [0.05, 0.1) is 6.04 Å². The molecule has 7 heteroatoms. The van der Waals surface area contributed by atoms with E-state index in [1.807, 2.05) is 6.92 Å². The summed E-state index contributed by atoms with van der Waals surface area (Å²) in [5.74, 6) is 0.0424. The summed E-state index contributed by atoms with van der Waals surface area (Å²) in [4.78, 5) is 13.3. The van der Waals surface area contributed by atoms with Gasteiger partial charge in [0.1, 0.15) is 0 Å². The lowest BCUT2D eigenvalue weighted by Gasteiger charge is -2.38. The Morgan fingerprint density at radius 3 is 2.70 bits per heavy atom. The Morgan fingerprint density at radius 2 is 2.15 bits per heavy atom. The van der Waals surface area contributed by atoms with E-state index >= 15 is 0 Å². The van der Waals surface area contributed by atoms with Crippen LogP contribution >= 0.6 is 21.2 Å². The molecular weight excluding hydrogens is 301 g/mol. The molecule has 0 saturated carbocycles. The number of halogens is 2. The maximum Gasteiger partial charge on any atom is 0.284 e. The van der Waals surface area contributed by atoms with Crippen LogP contribution in [-0.4, -0.2) is 29.9 Å². The van der Waals surface area contributed by atoms with Gasteiger partial charge in [-0.2, -0.15) is 8.78 Å². The second-order valence-corrected chi connectivity index (χ2v) is 6.57. The molecule has 1 aromatic rings. The molecule has 1 aliphatic rings. The number of hydrogen-bond donors (Lipinski definition) is 1. The summed E-state index contributed by atoms with van der Waals surface area (Å²) < 4.78 is 30.1. The molecule has 1 aliphatic heterocycles. The number of nitrogens with one attached hydrogen (secondary N) is 1. The number of carbonyl (C=O) groups is 1. The minimum Gasteiger partial charge on any atom is -0.340 e. The van der Waals surface area contributed by atoms with Crippen molar-refractivity contribution < 1.29 is 13.6 Å². The lowest BCUT2D eigenvalue weighted by molar-refractivity contribution is -0.133. The van der Waals surface area contributed by atoms with E-state index in [0.29, 0.717) is 18.0 Å². The van der Waals surface area contributed by atoms with Crippen LogP contribution in [0.15, 0.2) is 23.1 Å². The summed E-state index contributed by atoms with van der Waals surface area (Å²) in [6.07, 6.45) is 0. The number of carbonyl (C=O) groups excluding carboxylic acids is 1. The van der Waals surface area contributed by atoms with Crippen molar-refractivity contribution in [1.82, 2.24) is 9.62 Å². The van der Waals surface area contributed by atoms with Crippen LogP contribution in [0, 0.1) is 6.92 Å². The minimum atomic E-state index is -2.94. The third-order valence-electron chi connectivity index (χ3n) is 3.16. The first-order valence-electron chi connectivity index (χ1n) is 6.23. The molecule has 0 aliphatic carbocycles. The van der Waals surface area contributed by atoms with E-state index in [0.717, 1.165) is 5.56 Å². The molecule has 1 N–H and O–H groups in total. The Kier molecular flexibility index (Phi) is 4.67. The monoisotopic (exact) mass is 318 g/mol. The van der Waals surface area contributed by atoms with Gasteiger partial charge in [0.25, 0.3) is 5.66 Å². The third kappa shape index (κ3) is 3.68. The highest BCUT2D eigenvalue weighted by Crippen LogP contribution is 2.40. The zero-order chi connectivity index (χ0) is 14.9. The first kappa shape index (κ1) is 15.7. The molecule has 1 atom stereocenters. The number of rotatable bonds is 4. The lowest BCUT2D eigenvalue weighted by Crippen LogP contribution is -2.57. The summed E-state index contributed by atoms with van der Waals surface area (Å²) in [5, 5.41) is 0. The molecule has 0 aromatic heterocycles. The molecule has 0 radical (unpaired) electrons. The van der Waals surface area contributed by atoms with E-state index in [1.54, 1.807) is 26.3 Å². The second kappa shape index (κ2) is 5.96. The standard InChI is InChI=1S/C13H17F2N2OPS/c1-8-3-4-11(13(14,15)19)12(5-8)20-16-10-6-17(7-10)9(2)18/h3-5,10,16H,6-7,19H2,1-2H3. The Bertz CT molecular complexity index is 516. The molecule has 20 heavy (non-hydrogen) atoms. The summed E-state index contributed by atoms with van der Waals surface area (Å²) in [7, 11) is 1.57. The maximum atomic E-state index is 13.5. The van der Waals surface area contributed by atoms with Gasteiger partial charge in [-0.05, 0) is 30.5 Å². The topological polar surface area (TPSA) is 32.3 Å². The van der Waals surface area contributed by atoms with Gasteiger partial charge >= 0.3 is 0 Å². The van der Waals surface area contributed by atoms with Gasteiger partial charge in [-0.1, -0.05) is 21.4 Å². The van der Waals surface area contributed by atoms with Crippen molar-refractivity contribution in [2.45, 2.75) is 30.4 Å². The average Bonchev–Trinajstić information content (AvgIpc) is 2.24. The number of likely N-dealkylation sites (tertiary alicyclic amines) is 1. The highest BCUT2D eigenvalue weighted by atomic mass is 32.2. The number of nitrogens with zero attached hydrogens (tertiary/aromatic N) is 1. The van der Waals surface area contributed by atoms with Gasteiger partial charge in [-0.25, -0.2) is 0 Å². The average molecular weight is 318 g/mol. The fraction of sp³-hybridized carbons (Fsp3) is 0.462. The molecule has 110 valence electrons. The number of hydrogen-bond acceptors (Lipinski definition) is 3. The smallest absolute Gasteiger partial charge is 0.284 e. The number of aryl methyl sites for hydroxylation is 1. The van der Waals surface area contributed by atoms with E-state index in [9.17, 15) is 13.6 Å². The van der Waals surface area contributed by atoms with Crippen LogP contribution in [0.2, 0.25) is 0 Å². The van der Waals surface area contributed by atoms with E-state index < -0.39 is 5.66 Å². The van der Waals surface area contributed by atoms with Crippen molar-refractivity contribution in [2.24, 2.45) is 0 Å². The van der Waals surface area contributed by atoms with E-state index in [4.69, 9.17) is 0 Å². The SMILES string of the molecule is CC(=O)N1CC(NSc2cc(C)ccc2C(F)(F)P)C1. The molecule has 0 spiro atoms. The van der Waals surface area contributed by atoms with Gasteiger partial charge in [0.15, 0.2) is 0 Å². The molecule has 1 saturated heterocycles. The van der Waals surface area contributed by atoms with E-state index in [2.05, 4.69) is 4.72 Å². The van der Waals surface area contributed by atoms with Crippen LogP contribution in [0.4, 0.5) is 8.78 Å². The summed E-state index contributed by atoms with van der Waals surface area (Å²) in [5.41, 5.74) is -2.01. The molecular formula is C13H17F2N2OPS. The van der Waals surface area contributed by atoms with Crippen LogP contribution in [0.25, 0.3) is 0 Å². The molecule has 1 aromatic carbocycles. The molecule has 1 fully saturated rings. The second-order valence-electron chi connectivity index (χ2n) is 4.96. The highest BCUT2D eigenvalue weighted by Gasteiger charge is 2.31. The molecule has 3 nitrogen and oxygen atoms in total. The number of amides is 1. The van der Waals surface area contributed by atoms with Crippen molar-refractivity contribution in [2.75, 3.05) is 13.1 Å². The molecule has 1 amide bonds. The van der Waals surface area contributed by atoms with E-state index in [-0.39, 0.29) is 17.5 Å². The van der Waals surface area contributed by atoms with Crippen LogP contribution in [0.3, 0.4) is 0 Å². The first-order valence-corrected chi connectivity index (χ1v) is 7.62. The van der Waals surface area contributed by atoms with Gasteiger partial charge in [0, 0.05) is 30.5 Å². The zero-order valence-electron chi connectivity index (χ0n) is 11.3. The molecule has 1 heterocycles. The summed E-state index contributed by atoms with van der Waals surface area (Å²) in [6.45, 7) is 4.65. The lowest BCUT2D eigenvalue weighted by atomic mass is 10.1. The van der Waals surface area contributed by atoms with Crippen molar-refractivity contribution in [1.29, 1.82) is 0 Å². The van der Waals surface area contributed by atoms with Crippen molar-refractivity contribution >= 4 is 27.1 Å². The van der Waals surface area contributed by atoms with E-state index in [1.165, 1.54) is 24.9 Å². The Balaban J connectivity index is 1.99. The Morgan fingerprint density at radius 1 is 1.50 bits per heavy atom. The first-order chi connectivity index (χ1) is 9.27. The number of benzene rings is 1. The normalized spacial score (nSPS) is 16.1. The van der Waals surface area contributed by atoms with Crippen LogP contribution in [-0.2, 0) is 10.5 Å². The fourth-order valence-electron chi connectivity index (χ4n) is 1.95. The predicted octanol–water partition coefficient (Wildman–Crippen LogP) is 2.75. The summed E-state index contributed by atoms with van der Waals surface area (Å²) >= 11 is 1.20. The maximum absolute atomic E-state index is 13.5. The van der Waals surface area contributed by atoms with Crippen molar-refractivity contribution in [3.8, 4) is 0 Å². The summed E-state index contributed by atoms with van der Waals surface area (Å²) in [6, 6.07) is 5.02. The van der Waals surface area contributed by atoms with Crippen LogP contribution in [0.5, 0.6) is 0 Å². The van der Waals surface area contributed by atoms with Gasteiger partial charge in [-0.3, -0.25) is 9.52 Å². The Hall–Kier alpha value is -0.710. The third-order valence-corrected chi connectivity index (χ3v) is 4.48. The van der Waals surface area contributed by atoms with Gasteiger partial charge in [-0.15, -0.1) is 0 Å². The molecule has 2 rings (SSSR count). The fourth-order valence-corrected chi connectivity index (χ4v) is 3.30. The molecule has 1 unspecified atom stereocenters. The number of alkyl halides is 2. The van der Waals surface area contributed by atoms with Gasteiger partial charge in [0.2, 0.25) is 5.91 Å². The largest absolute Gasteiger partial charge is 0.340 e. The minimum absolute atomic E-state index is 0.00616. The van der Waals surface area contributed by atoms with Crippen LogP contribution < -0.4 is 4.72 Å². The van der Waals surface area contributed by atoms with Crippen LogP contribution in [0.1, 0.15) is 18.1 Å². The zero-order valence-corrected chi connectivity index (χ0v) is 13.3. The van der Waals surface area contributed by atoms with Crippen molar-refractivity contribution in [3.63, 3.8) is 0 Å². The van der Waals surface area contributed by atoms with Gasteiger partial charge < -0.3 is 4.90 Å². The predicted molar refractivity (Wildman–Crippen MR) is 79.8 cm³/mol. The molecule has 0 bridgehead atoms. The van der Waals surface area contributed by atoms with Crippen molar-refractivity contribution in [3.05, 3.63) is 29.3 Å². The Labute approximate surface area is 123 Å². The highest BCUT2D eigenvalue weighted by molar-refractivity contribution is 7.97.